The molecule has 1 fully saturated rings. The van der Waals surface area contributed by atoms with Gasteiger partial charge in [-0.1, -0.05) is 49.8 Å². The molecule has 0 aliphatic carbocycles. The number of aromatic nitrogens is 3. The average Bonchev–Trinajstić information content (AvgIpc) is 3.19. The highest BCUT2D eigenvalue weighted by atomic mass is 16.1. The van der Waals surface area contributed by atoms with Gasteiger partial charge in [-0.2, -0.15) is 5.26 Å². The number of piperidine rings is 1. The van der Waals surface area contributed by atoms with Crippen molar-refractivity contribution in [3.05, 3.63) is 69.8 Å². The monoisotopic (exact) mass is 489 g/mol. The van der Waals surface area contributed by atoms with Gasteiger partial charge in [-0.15, -0.1) is 0 Å². The zero-order valence-corrected chi connectivity index (χ0v) is 22.6. The number of nitrogens with zero attached hydrogens (tertiary/aromatic N) is 5. The minimum Gasteiger partial charge on any atom is -0.357 e. The van der Waals surface area contributed by atoms with Crippen molar-refractivity contribution in [2.45, 2.75) is 73.9 Å². The number of anilines is 1. The summed E-state index contributed by atoms with van der Waals surface area (Å²) in [6.07, 6.45) is 11.9. The highest BCUT2D eigenvalue weighted by Gasteiger charge is 2.26. The van der Waals surface area contributed by atoms with Gasteiger partial charge in [-0.05, 0) is 53.0 Å². The number of nitriles is 1. The molecule has 192 valence electrons. The fourth-order valence-corrected chi connectivity index (χ4v) is 4.27. The summed E-state index contributed by atoms with van der Waals surface area (Å²) in [5.41, 5.74) is 3.20. The summed E-state index contributed by atoms with van der Waals surface area (Å²) in [5, 5.41) is 10.0. The molecule has 0 N–H and O–H groups in total. The van der Waals surface area contributed by atoms with Crippen molar-refractivity contribution in [1.29, 1.82) is 5.26 Å². The van der Waals surface area contributed by atoms with Gasteiger partial charge in [0, 0.05) is 25.2 Å². The predicted octanol–water partition coefficient (Wildman–Crippen LogP) is 5.70. The van der Waals surface area contributed by atoms with Gasteiger partial charge >= 0.3 is 0 Å². The standard InChI is InChI=1S/C27H33N5O2.C2H6/c1-6-10-21(15-20(4)5)23(33)17-31-18-29-24-22(16-28)26(30-12-8-7-9-13-30)32(14-11-19(2)3)25(24)27(31)34;1-2/h6,10-11,15,18H,4,7-9,12-14,17H2,1-3,5H3;1-2H3/b10-6-,21-15+;. The Morgan fingerprint density at radius 3 is 2.42 bits per heavy atom. The van der Waals surface area contributed by atoms with E-state index in [2.05, 4.69) is 22.5 Å². The van der Waals surface area contributed by atoms with Gasteiger partial charge in [0.15, 0.2) is 5.78 Å². The summed E-state index contributed by atoms with van der Waals surface area (Å²) in [4.78, 5) is 33.3. The van der Waals surface area contributed by atoms with Crippen LogP contribution in [0.2, 0.25) is 0 Å². The number of fused-ring (bicyclic) bond motifs is 1. The molecule has 0 amide bonds. The van der Waals surface area contributed by atoms with Crippen LogP contribution in [0.25, 0.3) is 11.0 Å². The lowest BCUT2D eigenvalue weighted by molar-refractivity contribution is -0.115. The van der Waals surface area contributed by atoms with Crippen LogP contribution < -0.4 is 10.5 Å². The number of hydrogen-bond acceptors (Lipinski definition) is 5. The molecule has 0 saturated carbocycles. The normalized spacial score (nSPS) is 13.8. The molecule has 1 saturated heterocycles. The predicted molar refractivity (Wildman–Crippen MR) is 148 cm³/mol. The van der Waals surface area contributed by atoms with Crippen LogP contribution in [0.1, 0.15) is 66.4 Å². The van der Waals surface area contributed by atoms with Crippen molar-refractivity contribution in [2.24, 2.45) is 0 Å². The molecule has 0 bridgehead atoms. The van der Waals surface area contributed by atoms with Gasteiger partial charge in [0.2, 0.25) is 0 Å². The highest BCUT2D eigenvalue weighted by molar-refractivity contribution is 5.98. The fraction of sp³-hybridized carbons (Fsp3) is 0.448. The molecule has 0 spiro atoms. The van der Waals surface area contributed by atoms with Crippen LogP contribution in [0.4, 0.5) is 5.82 Å². The van der Waals surface area contributed by atoms with E-state index in [4.69, 9.17) is 0 Å². The number of ketones is 1. The molecule has 2 aromatic heterocycles. The third-order valence-corrected chi connectivity index (χ3v) is 5.83. The van der Waals surface area contributed by atoms with Crippen molar-refractivity contribution in [1.82, 2.24) is 14.1 Å². The number of Topliss-reactive ketones (excluding diaryl/α,β-unsaturated/α-hetero) is 1. The first-order valence-electron chi connectivity index (χ1n) is 12.7. The van der Waals surface area contributed by atoms with Crippen molar-refractivity contribution in [3.63, 3.8) is 0 Å². The first kappa shape index (κ1) is 28.6. The molecule has 1 aliphatic rings. The lowest BCUT2D eigenvalue weighted by atomic mass is 10.1. The second-order valence-corrected chi connectivity index (χ2v) is 8.99. The third-order valence-electron chi connectivity index (χ3n) is 5.83. The van der Waals surface area contributed by atoms with E-state index >= 15 is 0 Å². The smallest absolute Gasteiger partial charge is 0.278 e. The Morgan fingerprint density at radius 1 is 1.19 bits per heavy atom. The molecule has 0 atom stereocenters. The molecule has 2 aromatic rings. The third kappa shape index (κ3) is 6.51. The molecule has 7 nitrogen and oxygen atoms in total. The van der Waals surface area contributed by atoms with Crippen LogP contribution in [-0.2, 0) is 17.9 Å². The summed E-state index contributed by atoms with van der Waals surface area (Å²) in [5.74, 6) is 0.545. The average molecular weight is 490 g/mol. The molecular formula is C29H39N5O2. The maximum absolute atomic E-state index is 13.6. The summed E-state index contributed by atoms with van der Waals surface area (Å²) in [6, 6.07) is 2.30. The SMILES string of the molecule is C=C(C)/C=C(\C=C/C)C(=O)Cn1cnc2c(C#N)c(N3CCCCC3)n(CC=C(C)C)c2c1=O.CC. The second kappa shape index (κ2) is 13.4. The number of allylic oxidation sites excluding steroid dienone is 7. The second-order valence-electron chi connectivity index (χ2n) is 8.99. The molecule has 0 aromatic carbocycles. The molecule has 3 heterocycles. The zero-order valence-electron chi connectivity index (χ0n) is 22.6. The molecular weight excluding hydrogens is 450 g/mol. The maximum atomic E-state index is 13.6. The van der Waals surface area contributed by atoms with Gasteiger partial charge < -0.3 is 9.47 Å². The number of carbonyl (C=O) groups is 1. The van der Waals surface area contributed by atoms with E-state index < -0.39 is 0 Å². The van der Waals surface area contributed by atoms with E-state index in [-0.39, 0.29) is 17.9 Å². The quantitative estimate of drug-likeness (QED) is 0.270. The molecule has 36 heavy (non-hydrogen) atoms. The minimum absolute atomic E-state index is 0.139. The van der Waals surface area contributed by atoms with Crippen molar-refractivity contribution < 1.29 is 4.79 Å². The Kier molecular flexibility index (Phi) is 10.7. The Labute approximate surface area is 214 Å². The first-order chi connectivity index (χ1) is 17.3. The molecule has 3 rings (SSSR count). The van der Waals surface area contributed by atoms with Crippen LogP contribution >= 0.6 is 0 Å². The van der Waals surface area contributed by atoms with Crippen LogP contribution in [-0.4, -0.2) is 33.0 Å². The van der Waals surface area contributed by atoms with Crippen LogP contribution in [0.5, 0.6) is 0 Å². The van der Waals surface area contributed by atoms with E-state index in [0.29, 0.717) is 28.7 Å². The van der Waals surface area contributed by atoms with E-state index in [9.17, 15) is 14.9 Å². The topological polar surface area (TPSA) is 83.9 Å². The van der Waals surface area contributed by atoms with Crippen LogP contribution in [0.15, 0.2) is 58.7 Å². The molecule has 7 heteroatoms. The number of carbonyl (C=O) groups excluding carboxylic acids is 1. The number of hydrogen-bond donors (Lipinski definition) is 0. The Hall–Kier alpha value is -3.66. The van der Waals surface area contributed by atoms with E-state index in [1.807, 2.05) is 52.2 Å². The van der Waals surface area contributed by atoms with Gasteiger partial charge in [-0.25, -0.2) is 4.98 Å². The lowest BCUT2D eigenvalue weighted by Gasteiger charge is -2.29. The van der Waals surface area contributed by atoms with Gasteiger partial charge in [-0.3, -0.25) is 14.2 Å². The Morgan fingerprint density at radius 2 is 1.86 bits per heavy atom. The van der Waals surface area contributed by atoms with Crippen molar-refractivity contribution in [3.8, 4) is 6.07 Å². The van der Waals surface area contributed by atoms with E-state index in [0.717, 1.165) is 49.3 Å². The molecule has 0 unspecified atom stereocenters. The molecule has 0 radical (unpaired) electrons. The van der Waals surface area contributed by atoms with E-state index in [1.54, 1.807) is 18.2 Å². The van der Waals surface area contributed by atoms with Crippen molar-refractivity contribution in [2.75, 3.05) is 18.0 Å². The van der Waals surface area contributed by atoms with Crippen LogP contribution in [0, 0.1) is 11.3 Å². The maximum Gasteiger partial charge on any atom is 0.278 e. The lowest BCUT2D eigenvalue weighted by Crippen LogP contribution is -2.32. The Balaban J connectivity index is 0.00000222. The summed E-state index contributed by atoms with van der Waals surface area (Å²) < 4.78 is 3.24. The largest absolute Gasteiger partial charge is 0.357 e. The van der Waals surface area contributed by atoms with Crippen molar-refractivity contribution >= 4 is 22.6 Å². The van der Waals surface area contributed by atoms with E-state index in [1.165, 1.54) is 10.9 Å². The van der Waals surface area contributed by atoms with Gasteiger partial charge in [0.1, 0.15) is 28.5 Å². The summed E-state index contributed by atoms with van der Waals surface area (Å²) in [7, 11) is 0. The van der Waals surface area contributed by atoms with Crippen LogP contribution in [0.3, 0.4) is 0 Å². The minimum atomic E-state index is -0.324. The van der Waals surface area contributed by atoms with Gasteiger partial charge in [0.25, 0.3) is 5.56 Å². The number of rotatable bonds is 8. The fourth-order valence-electron chi connectivity index (χ4n) is 4.27. The van der Waals surface area contributed by atoms with Gasteiger partial charge in [0.05, 0.1) is 12.9 Å². The first-order valence-corrected chi connectivity index (χ1v) is 12.7. The summed E-state index contributed by atoms with van der Waals surface area (Å²) >= 11 is 0. The summed E-state index contributed by atoms with van der Waals surface area (Å²) in [6.45, 7) is 17.5. The highest BCUT2D eigenvalue weighted by Crippen LogP contribution is 2.31. The zero-order chi connectivity index (χ0) is 26.8. The molecule has 1 aliphatic heterocycles. The Bertz CT molecular complexity index is 1290.